The molecule has 0 bridgehead atoms. The molecule has 0 heterocycles. The summed E-state index contributed by atoms with van der Waals surface area (Å²) in [5.74, 6) is -0.950. The fraction of sp³-hybridized carbons (Fsp3) is 0.444. The van der Waals surface area contributed by atoms with Crippen molar-refractivity contribution in [2.45, 2.75) is 64.3 Å². The molecule has 0 aromatic heterocycles. The topological polar surface area (TPSA) is 84.5 Å². The molecule has 1 unspecified atom stereocenters. The zero-order valence-electron chi connectivity index (χ0n) is 20.2. The predicted molar refractivity (Wildman–Crippen MR) is 139 cm³/mol. The summed E-state index contributed by atoms with van der Waals surface area (Å²) in [4.78, 5) is 38.4. The molecular formula is C27H32Cl2N2O4. The minimum atomic E-state index is -0.783. The maximum Gasteiger partial charge on any atom is 0.328 e. The SMILES string of the molecule is CCCCC1(C(=O)NC(Cc2ccc(NC(=O)c3c(Cl)cccc3Cl)cc2)C(=O)OC)CCCC1. The highest BCUT2D eigenvalue weighted by Crippen LogP contribution is 2.42. The average molecular weight is 519 g/mol. The van der Waals surface area contributed by atoms with Gasteiger partial charge in [-0.1, -0.05) is 74.0 Å². The second-order valence-electron chi connectivity index (χ2n) is 9.09. The van der Waals surface area contributed by atoms with Gasteiger partial charge in [-0.25, -0.2) is 4.79 Å². The summed E-state index contributed by atoms with van der Waals surface area (Å²) in [6.45, 7) is 2.12. The van der Waals surface area contributed by atoms with Gasteiger partial charge in [0.1, 0.15) is 6.04 Å². The zero-order chi connectivity index (χ0) is 25.4. The molecule has 8 heteroatoms. The average Bonchev–Trinajstić information content (AvgIpc) is 3.33. The molecule has 3 rings (SSSR count). The largest absolute Gasteiger partial charge is 0.467 e. The van der Waals surface area contributed by atoms with E-state index in [-0.39, 0.29) is 27.9 Å². The third-order valence-corrected chi connectivity index (χ3v) is 7.31. The summed E-state index contributed by atoms with van der Waals surface area (Å²) in [5, 5.41) is 6.29. The first-order chi connectivity index (χ1) is 16.8. The van der Waals surface area contributed by atoms with Gasteiger partial charge < -0.3 is 15.4 Å². The van der Waals surface area contributed by atoms with Crippen LogP contribution in [0.15, 0.2) is 42.5 Å². The molecule has 0 aliphatic heterocycles. The highest BCUT2D eigenvalue weighted by molar-refractivity contribution is 6.40. The number of hydrogen-bond acceptors (Lipinski definition) is 4. The fourth-order valence-corrected chi connectivity index (χ4v) is 5.24. The van der Waals surface area contributed by atoms with Crippen molar-refractivity contribution in [2.24, 2.45) is 5.41 Å². The van der Waals surface area contributed by atoms with Crippen LogP contribution in [0.25, 0.3) is 0 Å². The summed E-state index contributed by atoms with van der Waals surface area (Å²) in [6.07, 6.45) is 6.93. The molecule has 0 spiro atoms. The molecule has 6 nitrogen and oxygen atoms in total. The summed E-state index contributed by atoms with van der Waals surface area (Å²) >= 11 is 12.2. The van der Waals surface area contributed by atoms with Crippen molar-refractivity contribution < 1.29 is 19.1 Å². The highest BCUT2D eigenvalue weighted by atomic mass is 35.5. The summed E-state index contributed by atoms with van der Waals surface area (Å²) in [5.41, 5.74) is 1.19. The van der Waals surface area contributed by atoms with Gasteiger partial charge in [0.15, 0.2) is 0 Å². The predicted octanol–water partition coefficient (Wildman–Crippen LogP) is 6.20. The van der Waals surface area contributed by atoms with Crippen molar-refractivity contribution in [3.05, 3.63) is 63.6 Å². The van der Waals surface area contributed by atoms with Crippen LogP contribution in [0.5, 0.6) is 0 Å². The van der Waals surface area contributed by atoms with Crippen LogP contribution in [0.2, 0.25) is 10.0 Å². The van der Waals surface area contributed by atoms with Crippen LogP contribution >= 0.6 is 23.2 Å². The molecule has 2 amide bonds. The van der Waals surface area contributed by atoms with Crippen LogP contribution in [0, 0.1) is 5.41 Å². The number of ether oxygens (including phenoxy) is 1. The Balaban J connectivity index is 1.68. The highest BCUT2D eigenvalue weighted by Gasteiger charge is 2.41. The quantitative estimate of drug-likeness (QED) is 0.367. The zero-order valence-corrected chi connectivity index (χ0v) is 21.7. The number of carbonyl (C=O) groups excluding carboxylic acids is 3. The Kier molecular flexibility index (Phi) is 9.58. The molecule has 2 N–H and O–H groups in total. The Morgan fingerprint density at radius 2 is 1.66 bits per heavy atom. The lowest BCUT2D eigenvalue weighted by Crippen LogP contribution is -2.49. The number of carbonyl (C=O) groups is 3. The molecule has 1 aliphatic carbocycles. The van der Waals surface area contributed by atoms with Gasteiger partial charge in [-0.05, 0) is 49.1 Å². The Bertz CT molecular complexity index is 1030. The minimum Gasteiger partial charge on any atom is -0.467 e. The number of benzene rings is 2. The van der Waals surface area contributed by atoms with Crippen LogP contribution in [0.4, 0.5) is 5.69 Å². The third kappa shape index (κ3) is 6.77. The van der Waals surface area contributed by atoms with Crippen molar-refractivity contribution in [3.8, 4) is 0 Å². The van der Waals surface area contributed by atoms with Crippen molar-refractivity contribution in [2.75, 3.05) is 12.4 Å². The fourth-order valence-electron chi connectivity index (χ4n) is 4.67. The van der Waals surface area contributed by atoms with E-state index < -0.39 is 23.3 Å². The molecular weight excluding hydrogens is 487 g/mol. The van der Waals surface area contributed by atoms with Gasteiger partial charge in [0, 0.05) is 17.5 Å². The van der Waals surface area contributed by atoms with Gasteiger partial charge >= 0.3 is 5.97 Å². The molecule has 0 saturated heterocycles. The number of unbranched alkanes of at least 4 members (excludes halogenated alkanes) is 1. The molecule has 2 aromatic rings. The molecule has 2 aromatic carbocycles. The Morgan fingerprint density at radius 1 is 1.03 bits per heavy atom. The first kappa shape index (κ1) is 27.0. The number of halogens is 2. The maximum atomic E-state index is 13.3. The summed E-state index contributed by atoms with van der Waals surface area (Å²) in [7, 11) is 1.32. The van der Waals surface area contributed by atoms with E-state index >= 15 is 0 Å². The molecule has 1 saturated carbocycles. The van der Waals surface area contributed by atoms with Crippen molar-refractivity contribution in [1.29, 1.82) is 0 Å². The van der Waals surface area contributed by atoms with Gasteiger partial charge in [-0.3, -0.25) is 9.59 Å². The molecule has 0 radical (unpaired) electrons. The van der Waals surface area contributed by atoms with E-state index in [1.165, 1.54) is 7.11 Å². The molecule has 1 atom stereocenters. The van der Waals surface area contributed by atoms with Crippen molar-refractivity contribution in [3.63, 3.8) is 0 Å². The number of rotatable bonds is 10. The first-order valence-electron chi connectivity index (χ1n) is 12.0. The molecule has 188 valence electrons. The first-order valence-corrected chi connectivity index (χ1v) is 12.8. The minimum absolute atomic E-state index is 0.0562. The van der Waals surface area contributed by atoms with Crippen LogP contribution in [0.3, 0.4) is 0 Å². The lowest BCUT2D eigenvalue weighted by atomic mass is 9.80. The second kappa shape index (κ2) is 12.4. The maximum absolute atomic E-state index is 13.3. The van der Waals surface area contributed by atoms with Gasteiger partial charge in [0.2, 0.25) is 5.91 Å². The van der Waals surface area contributed by atoms with E-state index in [2.05, 4.69) is 17.6 Å². The number of amides is 2. The van der Waals surface area contributed by atoms with E-state index in [0.29, 0.717) is 5.69 Å². The summed E-state index contributed by atoms with van der Waals surface area (Å²) in [6, 6.07) is 11.2. The number of anilines is 1. The van der Waals surface area contributed by atoms with E-state index in [4.69, 9.17) is 27.9 Å². The number of hydrogen-bond donors (Lipinski definition) is 2. The van der Waals surface area contributed by atoms with Gasteiger partial charge in [0.25, 0.3) is 5.91 Å². The van der Waals surface area contributed by atoms with E-state index in [1.807, 2.05) is 0 Å². The van der Waals surface area contributed by atoms with Crippen molar-refractivity contribution >= 4 is 46.7 Å². The number of nitrogens with one attached hydrogen (secondary N) is 2. The van der Waals surface area contributed by atoms with E-state index in [9.17, 15) is 14.4 Å². The van der Waals surface area contributed by atoms with Crippen LogP contribution in [-0.2, 0) is 20.7 Å². The molecule has 1 aliphatic rings. The molecule has 35 heavy (non-hydrogen) atoms. The smallest absolute Gasteiger partial charge is 0.328 e. The second-order valence-corrected chi connectivity index (χ2v) is 9.91. The van der Waals surface area contributed by atoms with Gasteiger partial charge in [-0.15, -0.1) is 0 Å². The standard InChI is InChI=1S/C27H32Cl2N2O4/c1-3-4-14-27(15-5-6-16-27)26(34)31-22(25(33)35-2)17-18-10-12-19(13-11-18)30-24(32)23-20(28)8-7-9-21(23)29/h7-13,22H,3-6,14-17H2,1-2H3,(H,30,32)(H,31,34). The summed E-state index contributed by atoms with van der Waals surface area (Å²) < 4.78 is 4.97. The van der Waals surface area contributed by atoms with Gasteiger partial charge in [0.05, 0.1) is 22.7 Å². The Morgan fingerprint density at radius 3 is 2.23 bits per heavy atom. The normalized spacial score (nSPS) is 15.3. The van der Waals surface area contributed by atoms with Crippen LogP contribution in [0.1, 0.15) is 67.8 Å². The third-order valence-electron chi connectivity index (χ3n) is 6.68. The Labute approximate surface area is 216 Å². The Hall–Kier alpha value is -2.57. The molecule has 1 fully saturated rings. The van der Waals surface area contributed by atoms with E-state index in [0.717, 1.165) is 50.5 Å². The van der Waals surface area contributed by atoms with Crippen molar-refractivity contribution in [1.82, 2.24) is 5.32 Å². The van der Waals surface area contributed by atoms with Crippen LogP contribution in [-0.4, -0.2) is 30.9 Å². The van der Waals surface area contributed by atoms with Gasteiger partial charge in [-0.2, -0.15) is 0 Å². The monoisotopic (exact) mass is 518 g/mol. The number of esters is 1. The lowest BCUT2D eigenvalue weighted by molar-refractivity contribution is -0.146. The number of methoxy groups -OCH3 is 1. The van der Waals surface area contributed by atoms with Crippen LogP contribution < -0.4 is 10.6 Å². The lowest BCUT2D eigenvalue weighted by Gasteiger charge is -2.29. The van der Waals surface area contributed by atoms with E-state index in [1.54, 1.807) is 42.5 Å².